The molecule has 0 spiro atoms. The third-order valence-electron chi connectivity index (χ3n) is 3.05. The largest absolute Gasteiger partial charge is 0.454 e. The lowest BCUT2D eigenvalue weighted by Crippen LogP contribution is -2.14. The molecule has 0 N–H and O–H groups in total. The van der Waals surface area contributed by atoms with E-state index >= 15 is 0 Å². The van der Waals surface area contributed by atoms with E-state index in [1.54, 1.807) is 6.07 Å². The maximum atomic E-state index is 11.9. The Morgan fingerprint density at radius 3 is 2.86 bits per heavy atom. The number of hydrogen-bond acceptors (Lipinski definition) is 4. The van der Waals surface area contributed by atoms with Gasteiger partial charge in [0, 0.05) is 22.5 Å². The molecule has 5 heteroatoms. The van der Waals surface area contributed by atoms with Crippen LogP contribution in [-0.2, 0) is 9.53 Å². The number of carbonyl (C=O) groups excluding carboxylic acids is 2. The fraction of sp³-hybridized carbons (Fsp3) is 0.312. The van der Waals surface area contributed by atoms with Crippen LogP contribution in [0.15, 0.2) is 34.9 Å². The first-order valence-corrected chi connectivity index (χ1v) is 7.63. The molecule has 0 unspecified atom stereocenters. The molecule has 0 amide bonds. The number of fused-ring (bicyclic) bond motifs is 1. The van der Waals surface area contributed by atoms with Crippen LogP contribution in [0.1, 0.15) is 36.5 Å². The van der Waals surface area contributed by atoms with Crippen LogP contribution in [-0.4, -0.2) is 23.3 Å². The van der Waals surface area contributed by atoms with Crippen molar-refractivity contribution in [2.45, 2.75) is 26.2 Å². The van der Waals surface area contributed by atoms with Crippen LogP contribution < -0.4 is 0 Å². The molecule has 1 aromatic heterocycles. The monoisotopic (exact) mass is 349 g/mol. The number of aromatic nitrogens is 1. The number of rotatable bonds is 6. The Hall–Kier alpha value is -1.75. The summed E-state index contributed by atoms with van der Waals surface area (Å²) in [7, 11) is 0. The van der Waals surface area contributed by atoms with Gasteiger partial charge in [0.1, 0.15) is 6.61 Å². The van der Waals surface area contributed by atoms with Gasteiger partial charge in [0.2, 0.25) is 0 Å². The van der Waals surface area contributed by atoms with E-state index in [-0.39, 0.29) is 12.4 Å². The predicted molar refractivity (Wildman–Crippen MR) is 84.3 cm³/mol. The van der Waals surface area contributed by atoms with Gasteiger partial charge in [-0.25, -0.2) is 4.79 Å². The maximum Gasteiger partial charge on any atom is 0.340 e. The van der Waals surface area contributed by atoms with Gasteiger partial charge in [-0.3, -0.25) is 9.78 Å². The van der Waals surface area contributed by atoms with E-state index < -0.39 is 5.97 Å². The number of ether oxygens (including phenoxy) is 1. The number of Topliss-reactive ketones (excluding diaryl/α,β-unsaturated/α-hetero) is 1. The van der Waals surface area contributed by atoms with E-state index in [1.165, 1.54) is 6.20 Å². The van der Waals surface area contributed by atoms with Gasteiger partial charge in [-0.15, -0.1) is 0 Å². The molecule has 2 aromatic rings. The summed E-state index contributed by atoms with van der Waals surface area (Å²) in [6.07, 6.45) is 3.69. The number of ketones is 1. The van der Waals surface area contributed by atoms with Crippen molar-refractivity contribution in [2.75, 3.05) is 6.61 Å². The van der Waals surface area contributed by atoms with E-state index in [9.17, 15) is 9.59 Å². The van der Waals surface area contributed by atoms with E-state index in [0.717, 1.165) is 28.2 Å². The highest BCUT2D eigenvalue weighted by Crippen LogP contribution is 2.19. The topological polar surface area (TPSA) is 56.3 Å². The van der Waals surface area contributed by atoms with Crippen molar-refractivity contribution < 1.29 is 14.3 Å². The number of halogens is 1. The van der Waals surface area contributed by atoms with Crippen molar-refractivity contribution in [3.63, 3.8) is 0 Å². The fourth-order valence-corrected chi connectivity index (χ4v) is 2.27. The number of carbonyl (C=O) groups is 2. The van der Waals surface area contributed by atoms with Crippen LogP contribution in [0.4, 0.5) is 0 Å². The Bertz CT molecular complexity index is 670. The zero-order valence-electron chi connectivity index (χ0n) is 11.8. The van der Waals surface area contributed by atoms with E-state index in [2.05, 4.69) is 20.9 Å². The van der Waals surface area contributed by atoms with Crippen molar-refractivity contribution in [3.8, 4) is 0 Å². The third kappa shape index (κ3) is 4.36. The van der Waals surface area contributed by atoms with Crippen molar-refractivity contribution >= 4 is 38.6 Å². The smallest absolute Gasteiger partial charge is 0.340 e. The molecular formula is C16H16BrNO3. The number of benzene rings is 1. The van der Waals surface area contributed by atoms with Gasteiger partial charge in [-0.05, 0) is 30.7 Å². The van der Waals surface area contributed by atoms with Crippen molar-refractivity contribution in [1.82, 2.24) is 4.98 Å². The number of esters is 1. The molecule has 1 aromatic carbocycles. The van der Waals surface area contributed by atoms with Gasteiger partial charge in [0.15, 0.2) is 5.78 Å². The molecule has 2 rings (SSSR count). The minimum Gasteiger partial charge on any atom is -0.454 e. The standard InChI is InChI=1S/C16H16BrNO3/c1-2-3-4-14(19)10-21-16(20)12-7-11-8-13(17)5-6-15(11)18-9-12/h5-9H,2-4,10H2,1H3. The Balaban J connectivity index is 2.04. The molecular weight excluding hydrogens is 334 g/mol. The SMILES string of the molecule is CCCCC(=O)COC(=O)c1cnc2ccc(Br)cc2c1. The quantitative estimate of drug-likeness (QED) is 0.741. The van der Waals surface area contributed by atoms with Gasteiger partial charge >= 0.3 is 5.97 Å². The lowest BCUT2D eigenvalue weighted by molar-refractivity contribution is -0.122. The predicted octanol–water partition coefficient (Wildman–Crippen LogP) is 3.91. The van der Waals surface area contributed by atoms with Crippen LogP contribution >= 0.6 is 15.9 Å². The fourth-order valence-electron chi connectivity index (χ4n) is 1.89. The first-order chi connectivity index (χ1) is 10.1. The van der Waals surface area contributed by atoms with E-state index in [0.29, 0.717) is 12.0 Å². The highest BCUT2D eigenvalue weighted by molar-refractivity contribution is 9.10. The second-order valence-electron chi connectivity index (χ2n) is 4.78. The summed E-state index contributed by atoms with van der Waals surface area (Å²) in [5.41, 5.74) is 1.15. The summed E-state index contributed by atoms with van der Waals surface area (Å²) < 4.78 is 5.94. The maximum absolute atomic E-state index is 11.9. The summed E-state index contributed by atoms with van der Waals surface area (Å²) in [4.78, 5) is 27.6. The van der Waals surface area contributed by atoms with Gasteiger partial charge in [0.05, 0.1) is 11.1 Å². The first kappa shape index (κ1) is 15.6. The molecule has 110 valence electrons. The number of nitrogens with zero attached hydrogens (tertiary/aromatic N) is 1. The van der Waals surface area contributed by atoms with E-state index in [1.807, 2.05) is 25.1 Å². The van der Waals surface area contributed by atoms with Crippen LogP contribution in [0, 0.1) is 0 Å². The van der Waals surface area contributed by atoms with Gasteiger partial charge < -0.3 is 4.74 Å². The minimum absolute atomic E-state index is 0.0540. The lowest BCUT2D eigenvalue weighted by atomic mass is 10.1. The summed E-state index contributed by atoms with van der Waals surface area (Å²) >= 11 is 3.38. The molecule has 0 aliphatic heterocycles. The zero-order valence-corrected chi connectivity index (χ0v) is 13.4. The Morgan fingerprint density at radius 1 is 1.29 bits per heavy atom. The lowest BCUT2D eigenvalue weighted by Gasteiger charge is -2.05. The van der Waals surface area contributed by atoms with E-state index in [4.69, 9.17) is 4.74 Å². The van der Waals surface area contributed by atoms with Crippen LogP contribution in [0.3, 0.4) is 0 Å². The normalized spacial score (nSPS) is 10.6. The first-order valence-electron chi connectivity index (χ1n) is 6.84. The Labute approximate surface area is 131 Å². The highest BCUT2D eigenvalue weighted by Gasteiger charge is 2.11. The number of pyridine rings is 1. The summed E-state index contributed by atoms with van der Waals surface area (Å²) in [5, 5.41) is 0.844. The Morgan fingerprint density at radius 2 is 2.10 bits per heavy atom. The average Bonchev–Trinajstić information content (AvgIpc) is 2.49. The van der Waals surface area contributed by atoms with Gasteiger partial charge in [-0.1, -0.05) is 29.3 Å². The molecule has 0 saturated heterocycles. The molecule has 1 heterocycles. The number of hydrogen-bond donors (Lipinski definition) is 0. The minimum atomic E-state index is -0.519. The van der Waals surface area contributed by atoms with Crippen molar-refractivity contribution in [2.24, 2.45) is 0 Å². The molecule has 0 aliphatic carbocycles. The van der Waals surface area contributed by atoms with Crippen molar-refractivity contribution in [3.05, 3.63) is 40.5 Å². The number of unbranched alkanes of at least 4 members (excludes halogenated alkanes) is 1. The molecule has 4 nitrogen and oxygen atoms in total. The molecule has 0 bridgehead atoms. The summed E-state index contributed by atoms with van der Waals surface area (Å²) in [6, 6.07) is 7.35. The van der Waals surface area contributed by atoms with Crippen LogP contribution in [0.2, 0.25) is 0 Å². The molecule has 21 heavy (non-hydrogen) atoms. The van der Waals surface area contributed by atoms with Crippen LogP contribution in [0.5, 0.6) is 0 Å². The summed E-state index contributed by atoms with van der Waals surface area (Å²) in [5.74, 6) is -0.573. The molecule has 0 atom stereocenters. The van der Waals surface area contributed by atoms with Gasteiger partial charge in [0.25, 0.3) is 0 Å². The Kier molecular flexibility index (Phi) is 5.44. The average molecular weight is 350 g/mol. The molecule has 0 fully saturated rings. The second-order valence-corrected chi connectivity index (χ2v) is 5.70. The zero-order chi connectivity index (χ0) is 15.2. The second kappa shape index (κ2) is 7.31. The molecule has 0 radical (unpaired) electrons. The van der Waals surface area contributed by atoms with Crippen molar-refractivity contribution in [1.29, 1.82) is 0 Å². The summed E-state index contributed by atoms with van der Waals surface area (Å²) in [6.45, 7) is 1.84. The van der Waals surface area contributed by atoms with Crippen LogP contribution in [0.25, 0.3) is 10.9 Å². The van der Waals surface area contributed by atoms with Gasteiger partial charge in [-0.2, -0.15) is 0 Å². The third-order valence-corrected chi connectivity index (χ3v) is 3.55. The highest BCUT2D eigenvalue weighted by atomic mass is 79.9. The molecule has 0 saturated carbocycles. The molecule has 0 aliphatic rings.